The van der Waals surface area contributed by atoms with Gasteiger partial charge in [0.15, 0.2) is 0 Å². The van der Waals surface area contributed by atoms with Crippen molar-refractivity contribution < 1.29 is 14.3 Å². The highest BCUT2D eigenvalue weighted by Gasteiger charge is 2.41. The Morgan fingerprint density at radius 3 is 2.60 bits per heavy atom. The molecule has 7 heteroatoms. The molecule has 0 saturated carbocycles. The van der Waals surface area contributed by atoms with E-state index < -0.39 is 11.5 Å². The zero-order chi connectivity index (χ0) is 17.0. The molecule has 1 atom stereocenters. The van der Waals surface area contributed by atoms with E-state index in [0.717, 1.165) is 12.1 Å². The minimum absolute atomic E-state index is 0. The molecule has 3 N–H and O–H groups in total. The molecule has 3 rings (SSSR count). The Morgan fingerprint density at radius 1 is 1.28 bits per heavy atom. The monoisotopic (exact) mass is 367 g/mol. The van der Waals surface area contributed by atoms with Crippen molar-refractivity contribution in [3.05, 3.63) is 30.3 Å². The van der Waals surface area contributed by atoms with Gasteiger partial charge in [0.25, 0.3) is 0 Å². The Balaban J connectivity index is 0.00000225. The third-order valence-electron chi connectivity index (χ3n) is 5.13. The smallest absolute Gasteiger partial charge is 0.249 e. The van der Waals surface area contributed by atoms with Crippen molar-refractivity contribution in [3.63, 3.8) is 0 Å². The number of ether oxygens (including phenoxy) is 1. The van der Waals surface area contributed by atoms with E-state index in [4.69, 9.17) is 10.5 Å². The van der Waals surface area contributed by atoms with Crippen LogP contribution < -0.4 is 16.0 Å². The first-order valence-electron chi connectivity index (χ1n) is 8.61. The summed E-state index contributed by atoms with van der Waals surface area (Å²) in [5, 5.41) is 2.96. The predicted molar refractivity (Wildman–Crippen MR) is 98.7 cm³/mol. The van der Waals surface area contributed by atoms with Crippen LogP contribution in [-0.2, 0) is 14.3 Å². The second kappa shape index (κ2) is 8.65. The summed E-state index contributed by atoms with van der Waals surface area (Å²) in [7, 11) is 0. The number of hydrogen-bond donors (Lipinski definition) is 2. The third-order valence-corrected chi connectivity index (χ3v) is 5.13. The highest BCUT2D eigenvalue weighted by molar-refractivity contribution is 6.00. The third kappa shape index (κ3) is 4.14. The lowest BCUT2D eigenvalue weighted by molar-refractivity contribution is -0.139. The Morgan fingerprint density at radius 2 is 1.96 bits per heavy atom. The van der Waals surface area contributed by atoms with Gasteiger partial charge in [0, 0.05) is 32.0 Å². The summed E-state index contributed by atoms with van der Waals surface area (Å²) in [6.07, 6.45) is 2.76. The Labute approximate surface area is 154 Å². The summed E-state index contributed by atoms with van der Waals surface area (Å²) in [4.78, 5) is 27.3. The minimum atomic E-state index is -0.604. The fourth-order valence-corrected chi connectivity index (χ4v) is 3.47. The summed E-state index contributed by atoms with van der Waals surface area (Å²) in [5.74, 6) is -0.151. The van der Waals surface area contributed by atoms with Gasteiger partial charge in [-0.05, 0) is 37.8 Å². The number of nitrogens with zero attached hydrogens (tertiary/aromatic N) is 1. The van der Waals surface area contributed by atoms with Crippen molar-refractivity contribution in [2.75, 3.05) is 31.2 Å². The molecule has 6 nitrogen and oxygen atoms in total. The molecule has 138 valence electrons. The Bertz CT molecular complexity index is 590. The number of nitrogens with two attached hydrogens (primary N) is 1. The summed E-state index contributed by atoms with van der Waals surface area (Å²) >= 11 is 0. The SMILES string of the molecule is Cl.NCC1(C(=O)NC2CCCN(c3ccccc3)C2=O)CCOCC1. The van der Waals surface area contributed by atoms with Crippen molar-refractivity contribution >= 4 is 29.9 Å². The van der Waals surface area contributed by atoms with Crippen LogP contribution in [0, 0.1) is 5.41 Å². The van der Waals surface area contributed by atoms with Gasteiger partial charge in [0.1, 0.15) is 6.04 Å². The zero-order valence-corrected chi connectivity index (χ0v) is 15.1. The molecule has 1 aromatic rings. The molecule has 0 bridgehead atoms. The van der Waals surface area contributed by atoms with E-state index in [2.05, 4.69) is 5.32 Å². The number of piperidine rings is 1. The van der Waals surface area contributed by atoms with Gasteiger partial charge in [0.05, 0.1) is 5.41 Å². The quantitative estimate of drug-likeness (QED) is 0.844. The highest BCUT2D eigenvalue weighted by Crippen LogP contribution is 2.30. The molecule has 2 aliphatic heterocycles. The lowest BCUT2D eigenvalue weighted by atomic mass is 9.79. The van der Waals surface area contributed by atoms with Crippen LogP contribution in [0.25, 0.3) is 0 Å². The molecule has 0 radical (unpaired) electrons. The number of anilines is 1. The first-order valence-corrected chi connectivity index (χ1v) is 8.61. The van der Waals surface area contributed by atoms with Crippen molar-refractivity contribution in [2.45, 2.75) is 31.7 Å². The van der Waals surface area contributed by atoms with Crippen molar-refractivity contribution in [3.8, 4) is 0 Å². The number of amides is 2. The molecule has 2 aliphatic rings. The molecule has 0 aliphatic carbocycles. The normalized spacial score (nSPS) is 22.8. The van der Waals surface area contributed by atoms with Crippen molar-refractivity contribution in [1.29, 1.82) is 0 Å². The zero-order valence-electron chi connectivity index (χ0n) is 14.3. The van der Waals surface area contributed by atoms with Crippen LogP contribution in [0.5, 0.6) is 0 Å². The minimum Gasteiger partial charge on any atom is -0.381 e. The van der Waals surface area contributed by atoms with Gasteiger partial charge in [-0.2, -0.15) is 0 Å². The number of benzene rings is 1. The van der Waals surface area contributed by atoms with Crippen LogP contribution in [0.2, 0.25) is 0 Å². The van der Waals surface area contributed by atoms with E-state index in [1.54, 1.807) is 4.90 Å². The number of nitrogens with one attached hydrogen (secondary N) is 1. The summed E-state index contributed by atoms with van der Waals surface area (Å²) in [5.41, 5.74) is 6.16. The molecule has 2 amide bonds. The standard InChI is InChI=1S/C18H25N3O3.ClH/c19-13-18(8-11-24-12-9-18)17(23)20-15-7-4-10-21(16(15)22)14-5-2-1-3-6-14;/h1-3,5-6,15H,4,7-13,19H2,(H,20,23);1H. The van der Waals surface area contributed by atoms with E-state index in [-0.39, 0.29) is 30.8 Å². The van der Waals surface area contributed by atoms with E-state index in [1.165, 1.54) is 0 Å². The van der Waals surface area contributed by atoms with E-state index in [9.17, 15) is 9.59 Å². The van der Waals surface area contributed by atoms with Crippen LogP contribution in [0.15, 0.2) is 30.3 Å². The van der Waals surface area contributed by atoms with Gasteiger partial charge in [-0.3, -0.25) is 9.59 Å². The summed E-state index contributed by atoms with van der Waals surface area (Å²) < 4.78 is 5.35. The molecule has 2 saturated heterocycles. The number of rotatable bonds is 4. The average molecular weight is 368 g/mol. The first-order chi connectivity index (χ1) is 11.7. The van der Waals surface area contributed by atoms with E-state index in [1.807, 2.05) is 30.3 Å². The van der Waals surface area contributed by atoms with Crippen LogP contribution in [0.4, 0.5) is 5.69 Å². The molecule has 1 unspecified atom stereocenters. The van der Waals surface area contributed by atoms with Crippen LogP contribution in [-0.4, -0.2) is 44.2 Å². The second-order valence-electron chi connectivity index (χ2n) is 6.59. The lowest BCUT2D eigenvalue weighted by Crippen LogP contribution is -2.57. The van der Waals surface area contributed by atoms with Gasteiger partial charge >= 0.3 is 0 Å². The van der Waals surface area contributed by atoms with Gasteiger partial charge in [0.2, 0.25) is 11.8 Å². The van der Waals surface area contributed by atoms with Gasteiger partial charge in [-0.1, -0.05) is 18.2 Å². The van der Waals surface area contributed by atoms with Crippen molar-refractivity contribution in [1.82, 2.24) is 5.32 Å². The number of halogens is 1. The highest BCUT2D eigenvalue weighted by atomic mass is 35.5. The molecule has 0 aromatic heterocycles. The molecule has 2 heterocycles. The number of carbonyl (C=O) groups is 2. The summed E-state index contributed by atoms with van der Waals surface area (Å²) in [6.45, 7) is 2.05. The van der Waals surface area contributed by atoms with E-state index in [0.29, 0.717) is 39.0 Å². The van der Waals surface area contributed by atoms with Crippen molar-refractivity contribution in [2.24, 2.45) is 11.1 Å². The molecular formula is C18H26ClN3O3. The van der Waals surface area contributed by atoms with E-state index >= 15 is 0 Å². The average Bonchev–Trinajstić information content (AvgIpc) is 2.64. The maximum Gasteiger partial charge on any atom is 0.249 e. The Kier molecular flexibility index (Phi) is 6.81. The number of carbonyl (C=O) groups excluding carboxylic acids is 2. The summed E-state index contributed by atoms with van der Waals surface area (Å²) in [6, 6.07) is 9.11. The molecule has 25 heavy (non-hydrogen) atoms. The van der Waals surface area contributed by atoms with Crippen LogP contribution in [0.3, 0.4) is 0 Å². The maximum atomic E-state index is 12.8. The first kappa shape index (κ1) is 19.7. The van der Waals surface area contributed by atoms with Gasteiger partial charge in [-0.15, -0.1) is 12.4 Å². The Hall–Kier alpha value is -1.63. The lowest BCUT2D eigenvalue weighted by Gasteiger charge is -2.38. The largest absolute Gasteiger partial charge is 0.381 e. The fourth-order valence-electron chi connectivity index (χ4n) is 3.47. The van der Waals surface area contributed by atoms with Gasteiger partial charge in [-0.25, -0.2) is 0 Å². The molecule has 2 fully saturated rings. The second-order valence-corrected chi connectivity index (χ2v) is 6.59. The fraction of sp³-hybridized carbons (Fsp3) is 0.556. The maximum absolute atomic E-state index is 12.8. The number of hydrogen-bond acceptors (Lipinski definition) is 4. The van der Waals surface area contributed by atoms with Gasteiger partial charge < -0.3 is 20.7 Å². The van der Waals surface area contributed by atoms with Crippen LogP contribution in [0.1, 0.15) is 25.7 Å². The molecule has 0 spiro atoms. The topological polar surface area (TPSA) is 84.7 Å². The molecular weight excluding hydrogens is 342 g/mol. The number of para-hydroxylation sites is 1. The van der Waals surface area contributed by atoms with Crippen LogP contribution >= 0.6 is 12.4 Å². The predicted octanol–water partition coefficient (Wildman–Crippen LogP) is 1.48. The molecule has 1 aromatic carbocycles.